The number of para-hydroxylation sites is 1. The van der Waals surface area contributed by atoms with Crippen LogP contribution in [0.3, 0.4) is 0 Å². The van der Waals surface area contributed by atoms with E-state index in [9.17, 15) is 5.26 Å². The average Bonchev–Trinajstić information content (AvgIpc) is 3.33. The average molecular weight is 775 g/mol. The zero-order valence-electron chi connectivity index (χ0n) is 33.3. The van der Waals surface area contributed by atoms with E-state index in [1.165, 1.54) is 76.5 Å². The van der Waals surface area contributed by atoms with E-state index in [1.54, 1.807) is 0 Å². The Hall–Kier alpha value is -8.25. The zero-order valence-corrected chi connectivity index (χ0v) is 33.3. The predicted octanol–water partition coefficient (Wildman–Crippen LogP) is 16.3. The van der Waals surface area contributed by atoms with Crippen LogP contribution in [0.2, 0.25) is 0 Å². The molecule has 11 aromatic carbocycles. The van der Waals surface area contributed by atoms with E-state index in [0.29, 0.717) is 5.56 Å². The molecule has 0 aliphatic rings. The van der Waals surface area contributed by atoms with Gasteiger partial charge in [-0.1, -0.05) is 182 Å². The third kappa shape index (κ3) is 6.37. The highest BCUT2D eigenvalue weighted by Gasteiger charge is 2.20. The molecular weight excluding hydrogens is 737 g/mol. The summed E-state index contributed by atoms with van der Waals surface area (Å²) in [6.45, 7) is 0. The number of anilines is 3. The fourth-order valence-electron chi connectivity index (χ4n) is 9.22. The summed E-state index contributed by atoms with van der Waals surface area (Å²) in [5.41, 5.74) is 13.3. The molecule has 284 valence electrons. The van der Waals surface area contributed by atoms with Crippen molar-refractivity contribution in [1.82, 2.24) is 0 Å². The zero-order chi connectivity index (χ0) is 40.7. The highest BCUT2D eigenvalue weighted by atomic mass is 15.1. The van der Waals surface area contributed by atoms with Crippen molar-refractivity contribution in [2.45, 2.75) is 0 Å². The van der Waals surface area contributed by atoms with Gasteiger partial charge in [0.25, 0.3) is 0 Å². The third-order valence-electron chi connectivity index (χ3n) is 12.1. The van der Waals surface area contributed by atoms with Gasteiger partial charge in [-0.2, -0.15) is 5.26 Å². The molecule has 0 spiro atoms. The molecule has 0 N–H and O–H groups in total. The van der Waals surface area contributed by atoms with Crippen LogP contribution in [-0.2, 0) is 0 Å². The van der Waals surface area contributed by atoms with Crippen molar-refractivity contribution in [2.75, 3.05) is 4.90 Å². The van der Waals surface area contributed by atoms with E-state index < -0.39 is 0 Å². The Labute approximate surface area is 355 Å². The molecule has 0 unspecified atom stereocenters. The normalized spacial score (nSPS) is 11.3. The molecule has 0 aliphatic carbocycles. The highest BCUT2D eigenvalue weighted by Crippen LogP contribution is 2.47. The number of fused-ring (bicyclic) bond motifs is 4. The minimum atomic E-state index is 0.630. The summed E-state index contributed by atoms with van der Waals surface area (Å²) >= 11 is 0. The number of benzene rings is 11. The molecule has 0 aromatic heterocycles. The first-order chi connectivity index (χ1) is 30.2. The van der Waals surface area contributed by atoms with E-state index in [-0.39, 0.29) is 0 Å². The number of hydrogen-bond donors (Lipinski definition) is 0. The highest BCUT2D eigenvalue weighted by molar-refractivity contribution is 6.25. The number of nitrogens with zero attached hydrogens (tertiary/aromatic N) is 2. The molecule has 0 amide bonds. The molecule has 0 saturated carbocycles. The Balaban J connectivity index is 1.04. The maximum absolute atomic E-state index is 9.64. The van der Waals surface area contributed by atoms with Crippen LogP contribution in [0.4, 0.5) is 17.1 Å². The summed E-state index contributed by atoms with van der Waals surface area (Å²) in [4.78, 5) is 2.19. The molecule has 0 saturated heterocycles. The number of rotatable bonds is 7. The SMILES string of the molecule is N#Cc1cccc(N(c2ccccc2)c2ccc(-c3ccc(-c4ccc5c(-c6cccc7ccccc67)c6ccccc6c(-c6cccc7ccccc67)c5c4)cc3)cc2)c1. The molecule has 0 aliphatic heterocycles. The fraction of sp³-hybridized carbons (Fsp3) is 0. The van der Waals surface area contributed by atoms with Gasteiger partial charge in [0.15, 0.2) is 0 Å². The summed E-state index contributed by atoms with van der Waals surface area (Å²) in [6, 6.07) is 84.8. The molecule has 2 heteroatoms. The van der Waals surface area contributed by atoms with E-state index in [2.05, 4.69) is 199 Å². The molecule has 0 bridgehead atoms. The quantitative estimate of drug-likeness (QED) is 0.151. The molecule has 11 rings (SSSR count). The van der Waals surface area contributed by atoms with Crippen molar-refractivity contribution >= 4 is 60.2 Å². The van der Waals surface area contributed by atoms with E-state index in [4.69, 9.17) is 0 Å². The van der Waals surface area contributed by atoms with Crippen molar-refractivity contribution < 1.29 is 0 Å². The standard InChI is InChI=1S/C59H38N2/c60-39-40-13-10-20-49(37-40)61(47-18-2-1-3-19-47)48-34-31-42(32-35-48)41-27-29-43(30-28-41)46-33-36-56-57(38-46)59(53-26-12-17-45-15-5-7-22-51(45)53)55-24-9-8-23-54(55)58(56)52-25-11-16-44-14-4-6-21-50(44)52/h1-38H. The van der Waals surface area contributed by atoms with Crippen molar-refractivity contribution in [3.8, 4) is 50.6 Å². The van der Waals surface area contributed by atoms with Crippen LogP contribution in [-0.4, -0.2) is 0 Å². The largest absolute Gasteiger partial charge is 0.310 e. The van der Waals surface area contributed by atoms with Gasteiger partial charge in [0.2, 0.25) is 0 Å². The number of hydrogen-bond acceptors (Lipinski definition) is 2. The van der Waals surface area contributed by atoms with Crippen molar-refractivity contribution in [2.24, 2.45) is 0 Å². The molecule has 0 fully saturated rings. The Morgan fingerprint density at radius 1 is 0.295 bits per heavy atom. The Morgan fingerprint density at radius 2 is 0.721 bits per heavy atom. The van der Waals surface area contributed by atoms with Crippen LogP contribution in [0.15, 0.2) is 231 Å². The van der Waals surface area contributed by atoms with Crippen LogP contribution in [0.25, 0.3) is 87.6 Å². The second-order valence-corrected chi connectivity index (χ2v) is 15.6. The van der Waals surface area contributed by atoms with Crippen molar-refractivity contribution in [3.05, 3.63) is 236 Å². The first kappa shape index (κ1) is 35.9. The lowest BCUT2D eigenvalue weighted by molar-refractivity contribution is 1.28. The maximum Gasteiger partial charge on any atom is 0.0992 e. The van der Waals surface area contributed by atoms with Crippen molar-refractivity contribution in [1.29, 1.82) is 5.26 Å². The molecular formula is C59H38N2. The topological polar surface area (TPSA) is 27.0 Å². The monoisotopic (exact) mass is 774 g/mol. The van der Waals surface area contributed by atoms with Gasteiger partial charge < -0.3 is 4.90 Å². The lowest BCUT2D eigenvalue weighted by Crippen LogP contribution is -2.09. The molecule has 0 heterocycles. The van der Waals surface area contributed by atoms with Crippen molar-refractivity contribution in [3.63, 3.8) is 0 Å². The Kier molecular flexibility index (Phi) is 8.92. The lowest BCUT2D eigenvalue weighted by Gasteiger charge is -2.25. The predicted molar refractivity (Wildman–Crippen MR) is 258 cm³/mol. The van der Waals surface area contributed by atoms with Crippen LogP contribution in [0.1, 0.15) is 5.56 Å². The molecule has 0 radical (unpaired) electrons. The summed E-state index contributed by atoms with van der Waals surface area (Å²) in [5, 5.41) is 19.6. The van der Waals surface area contributed by atoms with Crippen LogP contribution in [0, 0.1) is 11.3 Å². The Morgan fingerprint density at radius 3 is 1.33 bits per heavy atom. The first-order valence-electron chi connectivity index (χ1n) is 20.7. The summed E-state index contributed by atoms with van der Waals surface area (Å²) < 4.78 is 0. The second kappa shape index (κ2) is 15.2. The van der Waals surface area contributed by atoms with Gasteiger partial charge in [-0.25, -0.2) is 0 Å². The van der Waals surface area contributed by atoms with Crippen LogP contribution in [0.5, 0.6) is 0 Å². The summed E-state index contributed by atoms with van der Waals surface area (Å²) in [6.07, 6.45) is 0. The summed E-state index contributed by atoms with van der Waals surface area (Å²) in [7, 11) is 0. The summed E-state index contributed by atoms with van der Waals surface area (Å²) in [5.74, 6) is 0. The lowest BCUT2D eigenvalue weighted by atomic mass is 9.83. The Bertz CT molecular complexity index is 3460. The van der Waals surface area contributed by atoms with Gasteiger partial charge in [-0.3, -0.25) is 0 Å². The molecule has 0 atom stereocenters. The second-order valence-electron chi connectivity index (χ2n) is 15.6. The van der Waals surface area contributed by atoms with Gasteiger partial charge in [-0.05, 0) is 136 Å². The van der Waals surface area contributed by atoms with Crippen LogP contribution < -0.4 is 4.90 Å². The minimum absolute atomic E-state index is 0.630. The number of nitriles is 1. The van der Waals surface area contributed by atoms with Gasteiger partial charge >= 0.3 is 0 Å². The van der Waals surface area contributed by atoms with E-state index >= 15 is 0 Å². The minimum Gasteiger partial charge on any atom is -0.310 e. The van der Waals surface area contributed by atoms with Gasteiger partial charge in [0, 0.05) is 17.1 Å². The van der Waals surface area contributed by atoms with E-state index in [1.807, 2.05) is 42.5 Å². The van der Waals surface area contributed by atoms with Gasteiger partial charge in [0.1, 0.15) is 0 Å². The molecule has 61 heavy (non-hydrogen) atoms. The fourth-order valence-corrected chi connectivity index (χ4v) is 9.22. The third-order valence-corrected chi connectivity index (χ3v) is 12.1. The van der Waals surface area contributed by atoms with Gasteiger partial charge in [-0.15, -0.1) is 0 Å². The van der Waals surface area contributed by atoms with Gasteiger partial charge in [0.05, 0.1) is 11.6 Å². The van der Waals surface area contributed by atoms with Crippen LogP contribution >= 0.6 is 0 Å². The maximum atomic E-state index is 9.64. The van der Waals surface area contributed by atoms with E-state index in [0.717, 1.165) is 28.2 Å². The molecule has 2 nitrogen and oxygen atoms in total. The first-order valence-corrected chi connectivity index (χ1v) is 20.7. The molecule has 11 aromatic rings. The smallest absolute Gasteiger partial charge is 0.0992 e.